The minimum absolute atomic E-state index is 0.138. The number of esters is 2. The number of aromatic hydroxyl groups is 2. The van der Waals surface area contributed by atoms with E-state index in [-0.39, 0.29) is 59.9 Å². The van der Waals surface area contributed by atoms with Gasteiger partial charge >= 0.3 is 11.9 Å². The number of β-amino-alcohol motifs (C(OH)–C–C–N with tert-alkyl or cyclic N) is 2. The molecule has 0 fully saturated rings. The monoisotopic (exact) mass is 919 g/mol. The Balaban J connectivity index is 0.000000385. The Kier molecular flexibility index (Phi) is 20.9. The first-order chi connectivity index (χ1) is 30.7. The van der Waals surface area contributed by atoms with Crippen LogP contribution < -0.4 is 20.1 Å². The van der Waals surface area contributed by atoms with E-state index in [4.69, 9.17) is 28.4 Å². The molecule has 0 amide bonds. The lowest BCUT2D eigenvalue weighted by Crippen LogP contribution is -2.49. The zero-order valence-electron chi connectivity index (χ0n) is 40.9. The lowest BCUT2D eigenvalue weighted by atomic mass is 10.1. The van der Waals surface area contributed by atoms with Crippen molar-refractivity contribution in [1.82, 2.24) is 10.6 Å². The summed E-state index contributed by atoms with van der Waals surface area (Å²) >= 11 is 0. The van der Waals surface area contributed by atoms with Gasteiger partial charge in [0.25, 0.3) is 0 Å². The second-order valence-corrected chi connectivity index (χ2v) is 19.7. The van der Waals surface area contributed by atoms with Gasteiger partial charge in [-0.1, -0.05) is 60.7 Å². The van der Waals surface area contributed by atoms with Crippen molar-refractivity contribution in [2.75, 3.05) is 39.5 Å². The maximum absolute atomic E-state index is 13.0. The molecule has 14 heteroatoms. The van der Waals surface area contributed by atoms with Crippen LogP contribution in [0, 0.1) is 13.8 Å². The van der Waals surface area contributed by atoms with Gasteiger partial charge in [0.15, 0.2) is 23.0 Å². The maximum atomic E-state index is 13.0. The molecule has 6 N–H and O–H groups in total. The summed E-state index contributed by atoms with van der Waals surface area (Å²) in [6.45, 7) is 25.0. The highest BCUT2D eigenvalue weighted by molar-refractivity contribution is 5.92. The lowest BCUT2D eigenvalue weighted by Gasteiger charge is -2.31. The number of nitrogens with one attached hydrogen (secondary N) is 2. The van der Waals surface area contributed by atoms with E-state index in [1.165, 1.54) is 6.07 Å². The van der Waals surface area contributed by atoms with Crippen molar-refractivity contribution < 1.29 is 58.4 Å². The summed E-state index contributed by atoms with van der Waals surface area (Å²) in [6.07, 6.45) is -1.76. The Morgan fingerprint density at radius 1 is 0.545 bits per heavy atom. The third-order valence-corrected chi connectivity index (χ3v) is 9.70. The number of carbonyl (C=O) groups is 2. The minimum Gasteiger partial charge on any atom is -0.504 e. The maximum Gasteiger partial charge on any atom is 0.338 e. The van der Waals surface area contributed by atoms with E-state index in [0.717, 1.165) is 17.2 Å². The van der Waals surface area contributed by atoms with Crippen LogP contribution in [0.1, 0.15) is 112 Å². The number of aliphatic hydroxyl groups is 2. The van der Waals surface area contributed by atoms with E-state index in [2.05, 4.69) is 10.6 Å². The van der Waals surface area contributed by atoms with Crippen LogP contribution in [0.25, 0.3) is 0 Å². The van der Waals surface area contributed by atoms with Crippen molar-refractivity contribution in [1.29, 1.82) is 0 Å². The Morgan fingerprint density at radius 2 is 0.909 bits per heavy atom. The molecule has 0 spiro atoms. The van der Waals surface area contributed by atoms with Gasteiger partial charge in [-0.05, 0) is 130 Å². The third kappa shape index (κ3) is 21.0. The smallest absolute Gasteiger partial charge is 0.338 e. The molecule has 0 saturated heterocycles. The van der Waals surface area contributed by atoms with E-state index >= 15 is 0 Å². The quantitative estimate of drug-likeness (QED) is 0.0328. The number of carbonyl (C=O) groups excluding carboxylic acids is 2. The number of rotatable bonds is 22. The van der Waals surface area contributed by atoms with Crippen molar-refractivity contribution in [3.8, 4) is 23.0 Å². The zero-order valence-corrected chi connectivity index (χ0v) is 40.9. The molecule has 0 saturated carbocycles. The predicted molar refractivity (Wildman–Crippen MR) is 255 cm³/mol. The van der Waals surface area contributed by atoms with Gasteiger partial charge < -0.3 is 59.5 Å². The first-order valence-electron chi connectivity index (χ1n) is 22.2. The van der Waals surface area contributed by atoms with Crippen molar-refractivity contribution in [2.24, 2.45) is 0 Å². The Bertz CT molecular complexity index is 2110. The molecule has 4 aromatic carbocycles. The minimum atomic E-state index is -0.890. The molecule has 0 bridgehead atoms. The lowest BCUT2D eigenvalue weighted by molar-refractivity contribution is -0.0333. The van der Waals surface area contributed by atoms with E-state index in [0.29, 0.717) is 54.6 Å². The van der Waals surface area contributed by atoms with Crippen LogP contribution in [0.3, 0.4) is 0 Å². The number of aryl methyl sites for hydroxylation is 2. The highest BCUT2D eigenvalue weighted by Crippen LogP contribution is 2.33. The van der Waals surface area contributed by atoms with Gasteiger partial charge in [-0.25, -0.2) is 9.59 Å². The van der Waals surface area contributed by atoms with E-state index in [9.17, 15) is 30.0 Å². The van der Waals surface area contributed by atoms with Crippen LogP contribution in [0.15, 0.2) is 84.9 Å². The summed E-state index contributed by atoms with van der Waals surface area (Å²) in [7, 11) is 0. The molecule has 4 rings (SSSR count). The average molecular weight is 919 g/mol. The summed E-state index contributed by atoms with van der Waals surface area (Å²) < 4.78 is 34.4. The number of hydrogen-bond acceptors (Lipinski definition) is 14. The second kappa shape index (κ2) is 25.1. The summed E-state index contributed by atoms with van der Waals surface area (Å²) in [5, 5.41) is 45.9. The number of ether oxygens (including phenoxy) is 6. The van der Waals surface area contributed by atoms with Gasteiger partial charge in [-0.15, -0.1) is 0 Å². The molecule has 0 unspecified atom stereocenters. The van der Waals surface area contributed by atoms with Gasteiger partial charge in [0, 0.05) is 24.2 Å². The standard InChI is InChI=1S/C33H43NO6.C19H31NO6/c1-24-17-29(37-20-25-13-9-7-10-14-25)30(38-21-26-15-11-8-12-16-26)18-28(24)31(36)39-22-27(35)19-34-33(5,6)23-40-32(2,3)4;1-12-7-15(22)16(23)8-14(12)17(24)25-10-13(21)9-20-19(5,6)11-26-18(2,3)4/h7-18,27,34-35H,19-23H2,1-6H3;7-8,13,20-23H,9-11H2,1-6H3/t27-;13-/m00/s1. The summed E-state index contributed by atoms with van der Waals surface area (Å²) in [6, 6.07) is 25.5. The first kappa shape index (κ1) is 55.1. The van der Waals surface area contributed by atoms with E-state index in [1.807, 2.05) is 137 Å². The van der Waals surface area contributed by atoms with Gasteiger partial charge in [-0.2, -0.15) is 0 Å². The Morgan fingerprint density at radius 3 is 1.32 bits per heavy atom. The van der Waals surface area contributed by atoms with Crippen molar-refractivity contribution in [2.45, 2.75) is 131 Å². The number of phenols is 2. The fourth-order valence-corrected chi connectivity index (χ4v) is 5.78. The molecule has 0 aliphatic rings. The van der Waals surface area contributed by atoms with Crippen LogP contribution in [0.4, 0.5) is 0 Å². The Hall–Kier alpha value is -5.22. The fraction of sp³-hybridized carbons (Fsp3) is 0.500. The van der Waals surface area contributed by atoms with Gasteiger partial charge in [0.2, 0.25) is 0 Å². The molecule has 4 aromatic rings. The fourth-order valence-electron chi connectivity index (χ4n) is 5.78. The highest BCUT2D eigenvalue weighted by atomic mass is 16.5. The third-order valence-electron chi connectivity index (χ3n) is 9.70. The van der Waals surface area contributed by atoms with Crippen LogP contribution in [0.2, 0.25) is 0 Å². The molecular weight excluding hydrogens is 845 g/mol. The molecule has 0 heterocycles. The molecule has 66 heavy (non-hydrogen) atoms. The molecule has 0 radical (unpaired) electrons. The highest BCUT2D eigenvalue weighted by Gasteiger charge is 2.25. The van der Waals surface area contributed by atoms with Crippen LogP contribution in [-0.4, -0.2) is 106 Å². The number of benzene rings is 4. The molecule has 0 aromatic heterocycles. The van der Waals surface area contributed by atoms with Crippen LogP contribution in [-0.2, 0) is 32.2 Å². The number of aliphatic hydroxyl groups excluding tert-OH is 2. The van der Waals surface area contributed by atoms with Crippen molar-refractivity contribution in [3.63, 3.8) is 0 Å². The first-order valence-corrected chi connectivity index (χ1v) is 22.2. The Labute approximate surface area is 391 Å². The van der Waals surface area contributed by atoms with Crippen molar-refractivity contribution in [3.05, 3.63) is 118 Å². The van der Waals surface area contributed by atoms with Crippen molar-refractivity contribution >= 4 is 11.9 Å². The van der Waals surface area contributed by atoms with E-state index < -0.39 is 29.9 Å². The van der Waals surface area contributed by atoms with E-state index in [1.54, 1.807) is 19.1 Å². The molecule has 14 nitrogen and oxygen atoms in total. The molecule has 0 aliphatic heterocycles. The van der Waals surface area contributed by atoms with Gasteiger partial charge in [-0.3, -0.25) is 0 Å². The van der Waals surface area contributed by atoms with Crippen LogP contribution in [0.5, 0.6) is 23.0 Å². The topological polar surface area (TPSA) is 194 Å². The molecule has 2 atom stereocenters. The summed E-state index contributed by atoms with van der Waals surface area (Å²) in [5.41, 5.74) is 2.46. The predicted octanol–water partition coefficient (Wildman–Crippen LogP) is 7.96. The average Bonchev–Trinajstić information content (AvgIpc) is 3.25. The molecule has 0 aliphatic carbocycles. The van der Waals surface area contributed by atoms with Crippen LogP contribution >= 0.6 is 0 Å². The zero-order chi connectivity index (χ0) is 49.3. The number of hydrogen-bond donors (Lipinski definition) is 6. The summed E-state index contributed by atoms with van der Waals surface area (Å²) in [5.74, 6) is -0.926. The second-order valence-electron chi connectivity index (χ2n) is 19.7. The van der Waals surface area contributed by atoms with Gasteiger partial charge in [0.05, 0.1) is 35.5 Å². The SMILES string of the molecule is Cc1cc(O)c(O)cc1C(=O)OC[C@@H](O)CNC(C)(C)COC(C)(C)C.Cc1cc(OCc2ccccc2)c(OCc2ccccc2)cc1C(=O)OC[C@@H](O)CNC(C)(C)COC(C)(C)C. The largest absolute Gasteiger partial charge is 0.504 e. The molecule has 364 valence electrons. The molecular formula is C52H74N2O12. The normalized spacial score (nSPS) is 12.9. The summed E-state index contributed by atoms with van der Waals surface area (Å²) in [4.78, 5) is 25.1. The number of phenolic OH excluding ortho intramolecular Hbond substituents is 2. The van der Waals surface area contributed by atoms with Gasteiger partial charge in [0.1, 0.15) is 38.6 Å².